The van der Waals surface area contributed by atoms with Crippen LogP contribution in [-0.2, 0) is 9.53 Å². The van der Waals surface area contributed by atoms with Crippen LogP contribution in [0, 0.1) is 0 Å². The molecular formula is C17H14ClNO4. The molecule has 0 radical (unpaired) electrons. The third-order valence-corrected chi connectivity index (χ3v) is 3.36. The summed E-state index contributed by atoms with van der Waals surface area (Å²) in [5.41, 5.74) is 0.717. The highest BCUT2D eigenvalue weighted by molar-refractivity contribution is 6.30. The molecule has 0 saturated heterocycles. The number of hydrogen-bond donors (Lipinski definition) is 1. The monoisotopic (exact) mass is 331 g/mol. The molecular weight excluding hydrogens is 318 g/mol. The second kappa shape index (κ2) is 7.56. The number of benzene rings is 2. The van der Waals surface area contributed by atoms with Gasteiger partial charge in [-0.25, -0.2) is 4.79 Å². The number of halogens is 1. The molecule has 0 aliphatic heterocycles. The van der Waals surface area contributed by atoms with Crippen LogP contribution in [0.3, 0.4) is 0 Å². The third-order valence-electron chi connectivity index (χ3n) is 3.11. The van der Waals surface area contributed by atoms with Gasteiger partial charge in [-0.05, 0) is 30.3 Å². The molecule has 6 heteroatoms. The number of hydrogen-bond acceptors (Lipinski definition) is 4. The Bertz CT molecular complexity index is 741. The molecule has 0 aliphatic rings. The van der Waals surface area contributed by atoms with Crippen LogP contribution >= 0.6 is 11.6 Å². The molecule has 23 heavy (non-hydrogen) atoms. The summed E-state index contributed by atoms with van der Waals surface area (Å²) in [6.07, 6.45) is 0. The van der Waals surface area contributed by atoms with E-state index >= 15 is 0 Å². The molecule has 0 aromatic heterocycles. The first-order chi connectivity index (χ1) is 11.0. The van der Waals surface area contributed by atoms with Crippen molar-refractivity contribution < 1.29 is 19.1 Å². The Labute approximate surface area is 138 Å². The largest absolute Gasteiger partial charge is 0.452 e. The van der Waals surface area contributed by atoms with Gasteiger partial charge >= 0.3 is 5.97 Å². The van der Waals surface area contributed by atoms with Crippen molar-refractivity contribution in [2.75, 3.05) is 13.7 Å². The van der Waals surface area contributed by atoms with Crippen molar-refractivity contribution in [1.82, 2.24) is 5.32 Å². The summed E-state index contributed by atoms with van der Waals surface area (Å²) in [7, 11) is 1.44. The number of nitrogens with one attached hydrogen (secondary N) is 1. The van der Waals surface area contributed by atoms with Crippen LogP contribution in [-0.4, -0.2) is 31.3 Å². The van der Waals surface area contributed by atoms with Gasteiger partial charge in [0.05, 0.1) is 5.56 Å². The van der Waals surface area contributed by atoms with Gasteiger partial charge in [0, 0.05) is 23.2 Å². The molecule has 1 N–H and O–H groups in total. The topological polar surface area (TPSA) is 72.5 Å². The summed E-state index contributed by atoms with van der Waals surface area (Å²) in [6.45, 7) is -0.404. The zero-order valence-corrected chi connectivity index (χ0v) is 13.1. The maximum absolute atomic E-state index is 12.5. The van der Waals surface area contributed by atoms with Gasteiger partial charge in [0.1, 0.15) is 0 Å². The molecule has 0 bridgehead atoms. The summed E-state index contributed by atoms with van der Waals surface area (Å²) < 4.78 is 4.90. The van der Waals surface area contributed by atoms with E-state index in [1.807, 2.05) is 0 Å². The fraction of sp³-hybridized carbons (Fsp3) is 0.118. The summed E-state index contributed by atoms with van der Waals surface area (Å²) in [5, 5.41) is 2.86. The smallest absolute Gasteiger partial charge is 0.339 e. The van der Waals surface area contributed by atoms with E-state index in [4.69, 9.17) is 16.3 Å². The van der Waals surface area contributed by atoms with E-state index in [9.17, 15) is 14.4 Å². The molecule has 0 spiro atoms. The molecule has 0 saturated carbocycles. The van der Waals surface area contributed by atoms with Crippen molar-refractivity contribution in [3.8, 4) is 0 Å². The molecule has 0 aliphatic carbocycles. The van der Waals surface area contributed by atoms with Crippen molar-refractivity contribution in [3.63, 3.8) is 0 Å². The Morgan fingerprint density at radius 1 is 1.00 bits per heavy atom. The van der Waals surface area contributed by atoms with Gasteiger partial charge in [-0.1, -0.05) is 29.8 Å². The first-order valence-electron chi connectivity index (χ1n) is 6.80. The number of amides is 1. The molecule has 0 heterocycles. The first-order valence-corrected chi connectivity index (χ1v) is 7.17. The average molecular weight is 332 g/mol. The molecule has 0 fully saturated rings. The lowest BCUT2D eigenvalue weighted by Crippen LogP contribution is -2.25. The summed E-state index contributed by atoms with van der Waals surface area (Å²) in [5.74, 6) is -1.49. The molecule has 1 amide bonds. The highest BCUT2D eigenvalue weighted by atomic mass is 35.5. The van der Waals surface area contributed by atoms with Gasteiger partial charge < -0.3 is 10.1 Å². The Morgan fingerprint density at radius 3 is 2.22 bits per heavy atom. The maximum Gasteiger partial charge on any atom is 0.339 e. The van der Waals surface area contributed by atoms with Crippen LogP contribution in [0.5, 0.6) is 0 Å². The Balaban J connectivity index is 2.26. The zero-order chi connectivity index (χ0) is 16.8. The highest BCUT2D eigenvalue weighted by Gasteiger charge is 2.19. The van der Waals surface area contributed by atoms with Crippen LogP contribution in [0.15, 0.2) is 48.5 Å². The Hall–Kier alpha value is -2.66. The maximum atomic E-state index is 12.5. The fourth-order valence-electron chi connectivity index (χ4n) is 1.90. The summed E-state index contributed by atoms with van der Waals surface area (Å²) >= 11 is 5.81. The predicted octanol–water partition coefficient (Wildman–Crippen LogP) is 2.47. The molecule has 5 nitrogen and oxygen atoms in total. The minimum Gasteiger partial charge on any atom is -0.452 e. The number of carbonyl (C=O) groups excluding carboxylic acids is 3. The lowest BCUT2D eigenvalue weighted by molar-refractivity contribution is -0.123. The van der Waals surface area contributed by atoms with Crippen LogP contribution < -0.4 is 5.32 Å². The number of rotatable bonds is 5. The molecule has 2 aromatic carbocycles. The minimum absolute atomic E-state index is 0.108. The Kier molecular flexibility index (Phi) is 5.49. The van der Waals surface area contributed by atoms with E-state index in [0.717, 1.165) is 0 Å². The normalized spacial score (nSPS) is 10.0. The van der Waals surface area contributed by atoms with Crippen molar-refractivity contribution in [2.24, 2.45) is 0 Å². The Morgan fingerprint density at radius 2 is 1.61 bits per heavy atom. The summed E-state index contributed by atoms with van der Waals surface area (Å²) in [6, 6.07) is 12.6. The van der Waals surface area contributed by atoms with Gasteiger partial charge in [0.2, 0.25) is 0 Å². The second-order valence-electron chi connectivity index (χ2n) is 4.63. The lowest BCUT2D eigenvalue weighted by Gasteiger charge is -2.09. The third kappa shape index (κ3) is 4.17. The van der Waals surface area contributed by atoms with Gasteiger partial charge in [-0.3, -0.25) is 9.59 Å². The van der Waals surface area contributed by atoms with Gasteiger partial charge in [-0.2, -0.15) is 0 Å². The highest BCUT2D eigenvalue weighted by Crippen LogP contribution is 2.17. The van der Waals surface area contributed by atoms with Crippen LogP contribution in [0.1, 0.15) is 26.3 Å². The quantitative estimate of drug-likeness (QED) is 0.675. The van der Waals surface area contributed by atoms with Crippen molar-refractivity contribution in [2.45, 2.75) is 0 Å². The van der Waals surface area contributed by atoms with E-state index in [2.05, 4.69) is 5.32 Å². The first kappa shape index (κ1) is 16.7. The van der Waals surface area contributed by atoms with E-state index in [-0.39, 0.29) is 16.9 Å². The fourth-order valence-corrected chi connectivity index (χ4v) is 2.02. The number of likely N-dealkylation sites (N-methyl/N-ethyl adjacent to an activating group) is 1. The second-order valence-corrected chi connectivity index (χ2v) is 5.07. The lowest BCUT2D eigenvalue weighted by atomic mass is 9.98. The number of carbonyl (C=O) groups is 3. The molecule has 2 rings (SSSR count). The van der Waals surface area contributed by atoms with E-state index in [1.165, 1.54) is 19.2 Å². The zero-order valence-electron chi connectivity index (χ0n) is 12.3. The summed E-state index contributed by atoms with van der Waals surface area (Å²) in [4.78, 5) is 35.8. The predicted molar refractivity (Wildman–Crippen MR) is 85.7 cm³/mol. The SMILES string of the molecule is CNC(=O)COC(=O)c1ccccc1C(=O)c1ccc(Cl)cc1. The van der Waals surface area contributed by atoms with Crippen LogP contribution in [0.25, 0.3) is 0 Å². The standard InChI is InChI=1S/C17H14ClNO4/c1-19-15(20)10-23-17(22)14-5-3-2-4-13(14)16(21)11-6-8-12(18)9-7-11/h2-9H,10H2,1H3,(H,19,20). The average Bonchev–Trinajstić information content (AvgIpc) is 2.59. The van der Waals surface area contributed by atoms with E-state index < -0.39 is 18.5 Å². The van der Waals surface area contributed by atoms with Crippen LogP contribution in [0.2, 0.25) is 5.02 Å². The number of esters is 1. The van der Waals surface area contributed by atoms with Crippen LogP contribution in [0.4, 0.5) is 0 Å². The minimum atomic E-state index is -0.730. The molecule has 2 aromatic rings. The van der Waals surface area contributed by atoms with Crippen molar-refractivity contribution in [3.05, 3.63) is 70.2 Å². The van der Waals surface area contributed by atoms with Gasteiger partial charge in [0.15, 0.2) is 12.4 Å². The van der Waals surface area contributed by atoms with Crippen molar-refractivity contribution >= 4 is 29.3 Å². The number of ketones is 1. The van der Waals surface area contributed by atoms with E-state index in [1.54, 1.807) is 36.4 Å². The van der Waals surface area contributed by atoms with E-state index in [0.29, 0.717) is 10.6 Å². The molecule has 0 atom stereocenters. The van der Waals surface area contributed by atoms with Crippen molar-refractivity contribution in [1.29, 1.82) is 0 Å². The van der Waals surface area contributed by atoms with Gasteiger partial charge in [-0.15, -0.1) is 0 Å². The molecule has 118 valence electrons. The number of ether oxygens (including phenoxy) is 1. The van der Waals surface area contributed by atoms with Gasteiger partial charge in [0.25, 0.3) is 5.91 Å². The molecule has 0 unspecified atom stereocenters.